The Labute approximate surface area is 66.0 Å². The Bertz CT molecular complexity index is 237. The van der Waals surface area contributed by atoms with Crippen LogP contribution in [0, 0.1) is 0 Å². The van der Waals surface area contributed by atoms with Crippen LogP contribution >= 0.6 is 0 Å². The highest BCUT2D eigenvalue weighted by Gasteiger charge is 2.25. The number of rotatable bonds is 3. The predicted octanol–water partition coefficient (Wildman–Crippen LogP) is 0.788. The maximum atomic E-state index is 5.40. The van der Waals surface area contributed by atoms with Crippen LogP contribution in [0.5, 0.6) is 0 Å². The monoisotopic (exact) mass is 151 g/mol. The van der Waals surface area contributed by atoms with E-state index in [1.54, 1.807) is 0 Å². The Kier molecular flexibility index (Phi) is 1.66. The van der Waals surface area contributed by atoms with Crippen molar-refractivity contribution in [3.05, 3.63) is 17.7 Å². The number of nitrogens with two attached hydrogens (primary N) is 1. The van der Waals surface area contributed by atoms with E-state index in [0.717, 1.165) is 18.2 Å². The molecule has 3 heteroatoms. The highest BCUT2D eigenvalue weighted by Crippen LogP contribution is 2.38. The second-order valence-electron chi connectivity index (χ2n) is 3.10. The minimum Gasteiger partial charge on any atom is -0.346 e. The molecule has 0 saturated heterocycles. The molecular weight excluding hydrogens is 138 g/mol. The molecule has 0 spiro atoms. The lowest BCUT2D eigenvalue weighted by Gasteiger charge is -1.90. The molecule has 3 N–H and O–H groups in total. The summed E-state index contributed by atoms with van der Waals surface area (Å²) in [5.41, 5.74) is 6.70. The van der Waals surface area contributed by atoms with Crippen LogP contribution in [0.3, 0.4) is 0 Å². The lowest BCUT2D eigenvalue weighted by Crippen LogP contribution is -2.03. The highest BCUT2D eigenvalue weighted by atomic mass is 14.9. The number of H-pyrrole nitrogens is 1. The molecule has 0 atom stereocenters. The van der Waals surface area contributed by atoms with E-state index in [0.29, 0.717) is 6.54 Å². The molecule has 1 saturated carbocycles. The number of nitrogens with zero attached hydrogens (tertiary/aromatic N) is 1. The van der Waals surface area contributed by atoms with Crippen molar-refractivity contribution < 1.29 is 0 Å². The summed E-state index contributed by atoms with van der Waals surface area (Å²) < 4.78 is 0. The molecule has 3 nitrogen and oxygen atoms in total. The molecule has 0 amide bonds. The minimum absolute atomic E-state index is 0.678. The fraction of sp³-hybridized carbons (Fsp3) is 0.625. The molecule has 0 aliphatic heterocycles. The molecule has 1 aromatic heterocycles. The van der Waals surface area contributed by atoms with Crippen LogP contribution < -0.4 is 5.73 Å². The van der Waals surface area contributed by atoms with Crippen LogP contribution in [0.2, 0.25) is 0 Å². The van der Waals surface area contributed by atoms with Gasteiger partial charge >= 0.3 is 0 Å². The first-order chi connectivity index (χ1) is 5.40. The second-order valence-corrected chi connectivity index (χ2v) is 3.10. The normalized spacial score (nSPS) is 17.2. The second kappa shape index (κ2) is 2.66. The Morgan fingerprint density at radius 3 is 3.09 bits per heavy atom. The maximum absolute atomic E-state index is 5.40. The number of aromatic amines is 1. The number of aromatic nitrogens is 2. The molecule has 11 heavy (non-hydrogen) atoms. The fourth-order valence-electron chi connectivity index (χ4n) is 1.24. The van der Waals surface area contributed by atoms with Crippen molar-refractivity contribution in [1.82, 2.24) is 9.97 Å². The van der Waals surface area contributed by atoms with Crippen LogP contribution in [-0.4, -0.2) is 16.5 Å². The van der Waals surface area contributed by atoms with E-state index in [2.05, 4.69) is 9.97 Å². The van der Waals surface area contributed by atoms with Gasteiger partial charge in [0.2, 0.25) is 0 Å². The highest BCUT2D eigenvalue weighted by molar-refractivity contribution is 5.13. The van der Waals surface area contributed by atoms with Crippen molar-refractivity contribution in [1.29, 1.82) is 0 Å². The van der Waals surface area contributed by atoms with Crippen LogP contribution in [-0.2, 0) is 6.42 Å². The van der Waals surface area contributed by atoms with Crippen LogP contribution in [0.15, 0.2) is 6.20 Å². The first-order valence-electron chi connectivity index (χ1n) is 4.14. The van der Waals surface area contributed by atoms with Crippen molar-refractivity contribution in [2.45, 2.75) is 25.2 Å². The van der Waals surface area contributed by atoms with Gasteiger partial charge in [-0.25, -0.2) is 4.98 Å². The molecule has 1 aromatic rings. The smallest absolute Gasteiger partial charge is 0.107 e. The number of imidazole rings is 1. The average Bonchev–Trinajstić information content (AvgIpc) is 2.75. The Balaban J connectivity index is 2.06. The van der Waals surface area contributed by atoms with Gasteiger partial charge in [0, 0.05) is 24.2 Å². The zero-order valence-electron chi connectivity index (χ0n) is 6.51. The molecule has 1 heterocycles. The summed E-state index contributed by atoms with van der Waals surface area (Å²) in [5, 5.41) is 0. The van der Waals surface area contributed by atoms with Crippen molar-refractivity contribution in [3.63, 3.8) is 0 Å². The largest absolute Gasteiger partial charge is 0.346 e. The number of hydrogen-bond acceptors (Lipinski definition) is 2. The van der Waals surface area contributed by atoms with Gasteiger partial charge in [-0.05, 0) is 19.4 Å². The topological polar surface area (TPSA) is 54.7 Å². The van der Waals surface area contributed by atoms with Gasteiger partial charge in [0.15, 0.2) is 0 Å². The molecule has 1 aliphatic carbocycles. The van der Waals surface area contributed by atoms with Gasteiger partial charge < -0.3 is 10.7 Å². The minimum atomic E-state index is 0.678. The van der Waals surface area contributed by atoms with E-state index in [1.807, 2.05) is 6.20 Å². The summed E-state index contributed by atoms with van der Waals surface area (Å²) in [5.74, 6) is 1.81. The van der Waals surface area contributed by atoms with E-state index >= 15 is 0 Å². The lowest BCUT2D eigenvalue weighted by molar-refractivity contribution is 0.883. The summed E-state index contributed by atoms with van der Waals surface area (Å²) >= 11 is 0. The van der Waals surface area contributed by atoms with Crippen LogP contribution in [0.4, 0.5) is 0 Å². The third kappa shape index (κ3) is 1.43. The summed E-state index contributed by atoms with van der Waals surface area (Å²) in [7, 11) is 0. The van der Waals surface area contributed by atoms with Crippen molar-refractivity contribution >= 4 is 0 Å². The van der Waals surface area contributed by atoms with E-state index < -0.39 is 0 Å². The molecular formula is C8H13N3. The molecule has 2 rings (SSSR count). The number of nitrogens with one attached hydrogen (secondary N) is 1. The van der Waals surface area contributed by atoms with E-state index in [9.17, 15) is 0 Å². The third-order valence-corrected chi connectivity index (χ3v) is 2.05. The van der Waals surface area contributed by atoms with Crippen molar-refractivity contribution in [2.75, 3.05) is 6.54 Å². The van der Waals surface area contributed by atoms with Crippen molar-refractivity contribution in [3.8, 4) is 0 Å². The van der Waals surface area contributed by atoms with Gasteiger partial charge in [0.1, 0.15) is 5.82 Å². The van der Waals surface area contributed by atoms with Gasteiger partial charge in [-0.15, -0.1) is 0 Å². The van der Waals surface area contributed by atoms with Gasteiger partial charge in [-0.3, -0.25) is 0 Å². The molecule has 60 valence electrons. The fourth-order valence-corrected chi connectivity index (χ4v) is 1.24. The zero-order valence-corrected chi connectivity index (χ0v) is 6.51. The standard InChI is InChI=1S/C8H13N3/c9-4-3-8-10-5-7(11-8)6-1-2-6/h5-6H,1-4,9H2,(H,10,11). The van der Waals surface area contributed by atoms with Gasteiger partial charge in [-0.2, -0.15) is 0 Å². The quantitative estimate of drug-likeness (QED) is 0.671. The first-order valence-corrected chi connectivity index (χ1v) is 4.14. The summed E-state index contributed by atoms with van der Waals surface area (Å²) in [4.78, 5) is 7.52. The molecule has 1 fully saturated rings. The Hall–Kier alpha value is -0.830. The molecule has 0 aromatic carbocycles. The van der Waals surface area contributed by atoms with E-state index in [4.69, 9.17) is 5.73 Å². The van der Waals surface area contributed by atoms with Crippen molar-refractivity contribution in [2.24, 2.45) is 5.73 Å². The summed E-state index contributed by atoms with van der Waals surface area (Å²) in [6, 6.07) is 0. The third-order valence-electron chi connectivity index (χ3n) is 2.05. The van der Waals surface area contributed by atoms with E-state index in [1.165, 1.54) is 18.5 Å². The summed E-state index contributed by atoms with van der Waals surface area (Å²) in [6.07, 6.45) is 5.46. The van der Waals surface area contributed by atoms with E-state index in [-0.39, 0.29) is 0 Å². The SMILES string of the molecule is NCCc1ncc(C2CC2)[nH]1. The van der Waals surface area contributed by atoms with Crippen LogP contribution in [0.1, 0.15) is 30.3 Å². The molecule has 0 radical (unpaired) electrons. The molecule has 0 unspecified atom stereocenters. The average molecular weight is 151 g/mol. The first kappa shape index (κ1) is 6.85. The zero-order chi connectivity index (χ0) is 7.68. The molecule has 0 bridgehead atoms. The predicted molar refractivity (Wildman–Crippen MR) is 43.3 cm³/mol. The maximum Gasteiger partial charge on any atom is 0.107 e. The Morgan fingerprint density at radius 2 is 2.45 bits per heavy atom. The number of hydrogen-bond donors (Lipinski definition) is 2. The van der Waals surface area contributed by atoms with Gasteiger partial charge in [-0.1, -0.05) is 0 Å². The van der Waals surface area contributed by atoms with Crippen LogP contribution in [0.25, 0.3) is 0 Å². The lowest BCUT2D eigenvalue weighted by atomic mass is 10.3. The molecule has 1 aliphatic rings. The van der Waals surface area contributed by atoms with Gasteiger partial charge in [0.25, 0.3) is 0 Å². The Morgan fingerprint density at radius 1 is 1.64 bits per heavy atom. The van der Waals surface area contributed by atoms with Gasteiger partial charge in [0.05, 0.1) is 0 Å². The summed E-state index contributed by atoms with van der Waals surface area (Å²) in [6.45, 7) is 0.678.